The van der Waals surface area contributed by atoms with Gasteiger partial charge in [0.25, 0.3) is 0 Å². The zero-order valence-corrected chi connectivity index (χ0v) is 18.5. The average Bonchev–Trinajstić information content (AvgIpc) is 3.00. The summed E-state index contributed by atoms with van der Waals surface area (Å²) in [7, 11) is -3.68. The van der Waals surface area contributed by atoms with Crippen molar-refractivity contribution in [3.05, 3.63) is 58.9 Å². The maximum Gasteiger partial charge on any atom is 0.244 e. The van der Waals surface area contributed by atoms with E-state index in [9.17, 15) is 13.2 Å². The van der Waals surface area contributed by atoms with E-state index in [1.807, 2.05) is 6.08 Å². The lowest BCUT2D eigenvalue weighted by Gasteiger charge is -2.26. The van der Waals surface area contributed by atoms with Gasteiger partial charge in [-0.25, -0.2) is 13.6 Å². The zero-order valence-electron chi connectivity index (χ0n) is 17.7. The lowest BCUT2D eigenvalue weighted by atomic mass is 9.95. The van der Waals surface area contributed by atoms with Crippen LogP contribution in [0.4, 0.5) is 0 Å². The van der Waals surface area contributed by atoms with Gasteiger partial charge in [-0.3, -0.25) is 4.79 Å². The van der Waals surface area contributed by atoms with Gasteiger partial charge in [-0.15, -0.1) is 0 Å². The summed E-state index contributed by atoms with van der Waals surface area (Å²) in [4.78, 5) is 12.3. The molecule has 1 aliphatic carbocycles. The average molecular weight is 430 g/mol. The van der Waals surface area contributed by atoms with Crippen molar-refractivity contribution < 1.29 is 13.2 Å². The number of aryl methyl sites for hydroxylation is 1. The van der Waals surface area contributed by atoms with E-state index in [0.717, 1.165) is 11.1 Å². The Hall–Kier alpha value is -2.38. The Bertz CT molecular complexity index is 1010. The number of primary sulfonamides is 1. The fourth-order valence-corrected chi connectivity index (χ4v) is 4.79. The van der Waals surface area contributed by atoms with E-state index >= 15 is 0 Å². The second-order valence-electron chi connectivity index (χ2n) is 8.05. The first-order valence-electron chi connectivity index (χ1n) is 10.5. The molecule has 0 aliphatic heterocycles. The van der Waals surface area contributed by atoms with Gasteiger partial charge in [0.2, 0.25) is 15.9 Å². The minimum atomic E-state index is -3.68. The predicted octanol–water partition coefficient (Wildman–Crippen LogP) is 3.63. The van der Waals surface area contributed by atoms with E-state index in [0.29, 0.717) is 19.0 Å². The van der Waals surface area contributed by atoms with E-state index < -0.39 is 10.0 Å². The summed E-state index contributed by atoms with van der Waals surface area (Å²) < 4.78 is 25.0. The number of nitrogens with two attached hydrogens (primary N) is 1. The van der Waals surface area contributed by atoms with Crippen molar-refractivity contribution in [1.82, 2.24) is 9.88 Å². The van der Waals surface area contributed by atoms with Crippen LogP contribution in [0, 0.1) is 13.8 Å². The molecule has 0 atom stereocenters. The standard InChI is InChI=1S/C23H31N3O3S/c1-17-16-20(18(2)26(17)21-6-4-3-5-7-21)10-13-23(27)25-15-14-19-8-11-22(12-9-19)30(24,28)29/h8-13,16,21H,3-7,14-15H2,1-2H3,(H,25,27)(H2,24,28,29)/b13-10+. The number of carbonyl (C=O) groups is 1. The molecule has 30 heavy (non-hydrogen) atoms. The Labute approximate surface area is 179 Å². The SMILES string of the molecule is Cc1cc(/C=C/C(=O)NCCc2ccc(S(N)(=O)=O)cc2)c(C)n1C1CCCCC1. The number of amides is 1. The number of nitrogens with one attached hydrogen (secondary N) is 1. The molecule has 1 aromatic carbocycles. The highest BCUT2D eigenvalue weighted by Crippen LogP contribution is 2.32. The molecule has 0 saturated heterocycles. The fraction of sp³-hybridized carbons (Fsp3) is 0.435. The van der Waals surface area contributed by atoms with Crippen molar-refractivity contribution in [1.29, 1.82) is 0 Å². The van der Waals surface area contributed by atoms with Crippen LogP contribution >= 0.6 is 0 Å². The van der Waals surface area contributed by atoms with Crippen molar-refractivity contribution in [2.24, 2.45) is 5.14 Å². The molecule has 1 heterocycles. The van der Waals surface area contributed by atoms with Crippen LogP contribution in [0.2, 0.25) is 0 Å². The molecule has 3 N–H and O–H groups in total. The van der Waals surface area contributed by atoms with Gasteiger partial charge < -0.3 is 9.88 Å². The maximum atomic E-state index is 12.2. The topological polar surface area (TPSA) is 94.2 Å². The molecule has 1 amide bonds. The fourth-order valence-electron chi connectivity index (χ4n) is 4.27. The molecule has 1 aliphatic rings. The number of sulfonamides is 1. The second kappa shape index (κ2) is 9.62. The van der Waals surface area contributed by atoms with Crippen LogP contribution in [0.3, 0.4) is 0 Å². The highest BCUT2D eigenvalue weighted by atomic mass is 32.2. The molecule has 6 nitrogen and oxygen atoms in total. The van der Waals surface area contributed by atoms with Crippen LogP contribution in [0.5, 0.6) is 0 Å². The summed E-state index contributed by atoms with van der Waals surface area (Å²) in [6, 6.07) is 9.11. The molecule has 1 aromatic heterocycles. The molecule has 7 heteroatoms. The van der Waals surface area contributed by atoms with Crippen LogP contribution in [-0.4, -0.2) is 25.4 Å². The van der Waals surface area contributed by atoms with E-state index in [1.165, 1.54) is 55.6 Å². The van der Waals surface area contributed by atoms with Crippen LogP contribution in [0.1, 0.15) is 60.7 Å². The first-order chi connectivity index (χ1) is 14.3. The molecule has 0 spiro atoms. The molecular weight excluding hydrogens is 398 g/mol. The lowest BCUT2D eigenvalue weighted by molar-refractivity contribution is -0.116. The first kappa shape index (κ1) is 22.3. The molecule has 2 aromatic rings. The normalized spacial score (nSPS) is 15.6. The van der Waals surface area contributed by atoms with E-state index in [1.54, 1.807) is 18.2 Å². The van der Waals surface area contributed by atoms with Gasteiger partial charge in [0.1, 0.15) is 0 Å². The van der Waals surface area contributed by atoms with Gasteiger partial charge in [0, 0.05) is 30.1 Å². The van der Waals surface area contributed by atoms with Gasteiger partial charge in [0.15, 0.2) is 0 Å². The summed E-state index contributed by atoms with van der Waals surface area (Å²) >= 11 is 0. The number of nitrogens with zero attached hydrogens (tertiary/aromatic N) is 1. The monoisotopic (exact) mass is 429 g/mol. The predicted molar refractivity (Wildman–Crippen MR) is 120 cm³/mol. The van der Waals surface area contributed by atoms with Crippen molar-refractivity contribution in [2.45, 2.75) is 63.3 Å². The van der Waals surface area contributed by atoms with Crippen LogP contribution < -0.4 is 10.5 Å². The third-order valence-electron chi connectivity index (χ3n) is 5.84. The molecule has 1 fully saturated rings. The van der Waals surface area contributed by atoms with Gasteiger partial charge >= 0.3 is 0 Å². The molecule has 3 rings (SSSR count). The summed E-state index contributed by atoms with van der Waals surface area (Å²) in [5, 5.41) is 7.97. The van der Waals surface area contributed by atoms with E-state index in [2.05, 4.69) is 29.8 Å². The quantitative estimate of drug-likeness (QED) is 0.658. The lowest BCUT2D eigenvalue weighted by Crippen LogP contribution is -2.23. The van der Waals surface area contributed by atoms with Crippen LogP contribution in [0.15, 0.2) is 41.3 Å². The zero-order chi connectivity index (χ0) is 21.7. The third-order valence-corrected chi connectivity index (χ3v) is 6.77. The second-order valence-corrected chi connectivity index (χ2v) is 9.61. The summed E-state index contributed by atoms with van der Waals surface area (Å²) in [5.41, 5.74) is 4.50. The third kappa shape index (κ3) is 5.61. The van der Waals surface area contributed by atoms with Crippen LogP contribution in [0.25, 0.3) is 6.08 Å². The van der Waals surface area contributed by atoms with Crippen molar-refractivity contribution in [2.75, 3.05) is 6.54 Å². The molecule has 0 bridgehead atoms. The van der Waals surface area contributed by atoms with Crippen molar-refractivity contribution >= 4 is 22.0 Å². The summed E-state index contributed by atoms with van der Waals surface area (Å²) in [5.74, 6) is -0.140. The smallest absolute Gasteiger partial charge is 0.244 e. The number of carbonyl (C=O) groups excluding carboxylic acids is 1. The number of hydrogen-bond donors (Lipinski definition) is 2. The number of aromatic nitrogens is 1. The van der Waals surface area contributed by atoms with Gasteiger partial charge in [0.05, 0.1) is 4.90 Å². The van der Waals surface area contributed by atoms with E-state index in [4.69, 9.17) is 5.14 Å². The van der Waals surface area contributed by atoms with Crippen molar-refractivity contribution in [3.63, 3.8) is 0 Å². The Morgan fingerprint density at radius 1 is 1.17 bits per heavy atom. The minimum absolute atomic E-state index is 0.0871. The van der Waals surface area contributed by atoms with Gasteiger partial charge in [-0.1, -0.05) is 31.4 Å². The first-order valence-corrected chi connectivity index (χ1v) is 12.1. The Kier molecular flexibility index (Phi) is 7.15. The maximum absolute atomic E-state index is 12.2. The summed E-state index contributed by atoms with van der Waals surface area (Å²) in [6.07, 6.45) is 10.5. The summed E-state index contributed by atoms with van der Waals surface area (Å²) in [6.45, 7) is 4.74. The molecule has 0 radical (unpaired) electrons. The van der Waals surface area contributed by atoms with Gasteiger partial charge in [-0.2, -0.15) is 0 Å². The number of hydrogen-bond acceptors (Lipinski definition) is 3. The minimum Gasteiger partial charge on any atom is -0.352 e. The molecule has 0 unspecified atom stereocenters. The highest BCUT2D eigenvalue weighted by molar-refractivity contribution is 7.89. The molecule has 162 valence electrons. The van der Waals surface area contributed by atoms with Crippen molar-refractivity contribution in [3.8, 4) is 0 Å². The molecule has 1 saturated carbocycles. The Morgan fingerprint density at radius 2 is 1.83 bits per heavy atom. The largest absolute Gasteiger partial charge is 0.352 e. The highest BCUT2D eigenvalue weighted by Gasteiger charge is 2.19. The Balaban J connectivity index is 1.54. The Morgan fingerprint density at radius 3 is 2.47 bits per heavy atom. The van der Waals surface area contributed by atoms with Crippen LogP contribution in [-0.2, 0) is 21.2 Å². The number of benzene rings is 1. The molecular formula is C23H31N3O3S. The van der Waals surface area contributed by atoms with Gasteiger partial charge in [-0.05, 0) is 68.5 Å². The van der Waals surface area contributed by atoms with E-state index in [-0.39, 0.29) is 10.8 Å². The number of rotatable bonds is 7.